The highest BCUT2D eigenvalue weighted by Crippen LogP contribution is 2.25. The summed E-state index contributed by atoms with van der Waals surface area (Å²) in [5, 5.41) is 11.3. The topological polar surface area (TPSA) is 71.1 Å². The third-order valence-corrected chi connectivity index (χ3v) is 5.12. The maximum Gasteiger partial charge on any atom is 0.127 e. The van der Waals surface area contributed by atoms with Gasteiger partial charge in [0, 0.05) is 17.0 Å². The van der Waals surface area contributed by atoms with Gasteiger partial charge < -0.3 is 15.8 Å². The van der Waals surface area contributed by atoms with E-state index in [1.54, 1.807) is 0 Å². The lowest BCUT2D eigenvalue weighted by Gasteiger charge is -2.16. The Kier molecular flexibility index (Phi) is 9.63. The van der Waals surface area contributed by atoms with E-state index in [0.717, 1.165) is 54.1 Å². The monoisotopic (exact) mass is 417 g/mol. The second-order valence-corrected chi connectivity index (χ2v) is 7.70. The predicted molar refractivity (Wildman–Crippen MR) is 133 cm³/mol. The third-order valence-electron chi connectivity index (χ3n) is 5.12. The second-order valence-electron chi connectivity index (χ2n) is 7.70. The van der Waals surface area contributed by atoms with E-state index in [4.69, 9.17) is 15.9 Å². The summed E-state index contributed by atoms with van der Waals surface area (Å²) >= 11 is 0. The molecule has 2 aromatic rings. The molecule has 0 heterocycles. The molecule has 0 atom stereocenters. The van der Waals surface area contributed by atoms with Crippen LogP contribution in [0.2, 0.25) is 0 Å². The zero-order valence-electron chi connectivity index (χ0n) is 18.9. The summed E-state index contributed by atoms with van der Waals surface area (Å²) in [7, 11) is 0. The van der Waals surface area contributed by atoms with Crippen LogP contribution in [0.3, 0.4) is 0 Å². The first-order valence-electron chi connectivity index (χ1n) is 11.0. The fourth-order valence-electron chi connectivity index (χ4n) is 3.47. The molecule has 0 aliphatic heterocycles. The standard InChI is InChI=1S/C27H35N3O/c1-5-10-22(11-6-2)20(3)14-19-26(27(28)29)21(4)30-23-15-17-25(18-16-23)31-24-12-8-7-9-13-24/h7-9,12-19,22,30H,3,5-6,10-11H2,1-2,4H3,(H3,28,29)/b19-14-,26-21-. The van der Waals surface area contributed by atoms with E-state index < -0.39 is 0 Å². The van der Waals surface area contributed by atoms with Crippen molar-refractivity contribution in [3.05, 3.63) is 90.2 Å². The molecule has 0 amide bonds. The van der Waals surface area contributed by atoms with Gasteiger partial charge in [0.2, 0.25) is 0 Å². The SMILES string of the molecule is C=C(/C=C\C(C(=N)N)=C(/C)Nc1ccc(Oc2ccccc2)cc1)C(CCC)CCC. The average Bonchev–Trinajstić information content (AvgIpc) is 2.75. The number of amidine groups is 1. The molecular formula is C27H35N3O. The Morgan fingerprint density at radius 3 is 2.13 bits per heavy atom. The predicted octanol–water partition coefficient (Wildman–Crippen LogP) is 7.43. The number of nitrogens with two attached hydrogens (primary N) is 1. The molecule has 31 heavy (non-hydrogen) atoms. The van der Waals surface area contributed by atoms with Gasteiger partial charge in [0.15, 0.2) is 0 Å². The van der Waals surface area contributed by atoms with Crippen molar-refractivity contribution in [1.29, 1.82) is 5.41 Å². The van der Waals surface area contributed by atoms with Crippen LogP contribution in [0.25, 0.3) is 0 Å². The van der Waals surface area contributed by atoms with Crippen molar-refractivity contribution in [2.45, 2.75) is 46.5 Å². The third kappa shape index (κ3) is 7.82. The zero-order valence-corrected chi connectivity index (χ0v) is 18.9. The molecular weight excluding hydrogens is 382 g/mol. The van der Waals surface area contributed by atoms with Gasteiger partial charge >= 0.3 is 0 Å². The maximum atomic E-state index is 8.00. The summed E-state index contributed by atoms with van der Waals surface area (Å²) in [6.07, 6.45) is 8.44. The number of ether oxygens (including phenoxy) is 1. The van der Waals surface area contributed by atoms with Gasteiger partial charge in [0.05, 0.1) is 0 Å². The molecule has 0 unspecified atom stereocenters. The smallest absolute Gasteiger partial charge is 0.127 e. The van der Waals surface area contributed by atoms with Crippen LogP contribution in [0, 0.1) is 11.3 Å². The molecule has 4 nitrogen and oxygen atoms in total. The number of para-hydroxylation sites is 1. The Labute approximate surface area is 187 Å². The van der Waals surface area contributed by atoms with Crippen LogP contribution in [-0.4, -0.2) is 5.84 Å². The van der Waals surface area contributed by atoms with Crippen molar-refractivity contribution < 1.29 is 4.74 Å². The molecule has 4 heteroatoms. The van der Waals surface area contributed by atoms with Gasteiger partial charge in [0.1, 0.15) is 17.3 Å². The molecule has 0 aromatic heterocycles. The Hall–Kier alpha value is -3.27. The van der Waals surface area contributed by atoms with E-state index >= 15 is 0 Å². The zero-order chi connectivity index (χ0) is 22.6. The molecule has 0 spiro atoms. The van der Waals surface area contributed by atoms with Crippen LogP contribution in [0.4, 0.5) is 5.69 Å². The Morgan fingerprint density at radius 1 is 1.00 bits per heavy atom. The lowest BCUT2D eigenvalue weighted by Crippen LogP contribution is -2.15. The van der Waals surface area contributed by atoms with E-state index in [1.807, 2.05) is 73.7 Å². The van der Waals surface area contributed by atoms with Crippen molar-refractivity contribution in [2.75, 3.05) is 5.32 Å². The van der Waals surface area contributed by atoms with E-state index in [-0.39, 0.29) is 5.84 Å². The van der Waals surface area contributed by atoms with Crippen molar-refractivity contribution >= 4 is 11.5 Å². The van der Waals surface area contributed by atoms with E-state index in [1.165, 1.54) is 0 Å². The van der Waals surface area contributed by atoms with Crippen LogP contribution in [-0.2, 0) is 0 Å². The summed E-state index contributed by atoms with van der Waals surface area (Å²) in [5.41, 5.74) is 9.34. The molecule has 0 saturated carbocycles. The minimum atomic E-state index is 0.0283. The highest BCUT2D eigenvalue weighted by Gasteiger charge is 2.10. The van der Waals surface area contributed by atoms with Gasteiger partial charge in [0.25, 0.3) is 0 Å². The van der Waals surface area contributed by atoms with Crippen molar-refractivity contribution in [3.63, 3.8) is 0 Å². The number of rotatable bonds is 12. The number of hydrogen-bond donors (Lipinski definition) is 3. The first-order chi connectivity index (χ1) is 14.9. The van der Waals surface area contributed by atoms with Crippen LogP contribution in [0.15, 0.2) is 90.2 Å². The highest BCUT2D eigenvalue weighted by molar-refractivity contribution is 5.98. The van der Waals surface area contributed by atoms with E-state index in [2.05, 4.69) is 25.7 Å². The molecule has 4 N–H and O–H groups in total. The Balaban J connectivity index is 2.10. The van der Waals surface area contributed by atoms with Crippen LogP contribution >= 0.6 is 0 Å². The normalized spacial score (nSPS) is 12.0. The van der Waals surface area contributed by atoms with Gasteiger partial charge in [-0.2, -0.15) is 0 Å². The minimum absolute atomic E-state index is 0.0283. The molecule has 0 aliphatic carbocycles. The average molecular weight is 418 g/mol. The first-order valence-corrected chi connectivity index (χ1v) is 11.0. The molecule has 2 rings (SSSR count). The van der Waals surface area contributed by atoms with Crippen molar-refractivity contribution in [2.24, 2.45) is 11.7 Å². The second kappa shape index (κ2) is 12.4. The highest BCUT2D eigenvalue weighted by atomic mass is 16.5. The Morgan fingerprint density at radius 2 is 1.58 bits per heavy atom. The van der Waals surface area contributed by atoms with Gasteiger partial charge in [-0.1, -0.05) is 63.1 Å². The van der Waals surface area contributed by atoms with Crippen LogP contribution in [0.5, 0.6) is 11.5 Å². The molecule has 2 aromatic carbocycles. The molecule has 0 saturated heterocycles. The van der Waals surface area contributed by atoms with Gasteiger partial charge in [-0.15, -0.1) is 0 Å². The van der Waals surface area contributed by atoms with Crippen LogP contribution in [0.1, 0.15) is 46.5 Å². The van der Waals surface area contributed by atoms with Gasteiger partial charge in [-0.05, 0) is 68.2 Å². The summed E-state index contributed by atoms with van der Waals surface area (Å²) < 4.78 is 5.84. The molecule has 0 bridgehead atoms. The van der Waals surface area contributed by atoms with Gasteiger partial charge in [-0.3, -0.25) is 5.41 Å². The van der Waals surface area contributed by atoms with E-state index in [9.17, 15) is 0 Å². The lowest BCUT2D eigenvalue weighted by molar-refractivity contribution is 0.483. The summed E-state index contributed by atoms with van der Waals surface area (Å²) in [6.45, 7) is 10.6. The lowest BCUT2D eigenvalue weighted by atomic mass is 9.90. The molecule has 0 radical (unpaired) electrons. The van der Waals surface area contributed by atoms with Crippen molar-refractivity contribution in [1.82, 2.24) is 0 Å². The first kappa shape index (κ1) is 24.0. The molecule has 0 aliphatic rings. The maximum absolute atomic E-state index is 8.00. The largest absolute Gasteiger partial charge is 0.457 e. The summed E-state index contributed by atoms with van der Waals surface area (Å²) in [6, 6.07) is 17.4. The van der Waals surface area contributed by atoms with Crippen LogP contribution < -0.4 is 15.8 Å². The number of allylic oxidation sites excluding steroid dienone is 3. The summed E-state index contributed by atoms with van der Waals surface area (Å²) in [4.78, 5) is 0. The minimum Gasteiger partial charge on any atom is -0.457 e. The number of nitrogens with one attached hydrogen (secondary N) is 2. The number of anilines is 1. The number of benzene rings is 2. The quantitative estimate of drug-likeness (QED) is 0.191. The fourth-order valence-corrected chi connectivity index (χ4v) is 3.47. The molecule has 164 valence electrons. The van der Waals surface area contributed by atoms with Crippen molar-refractivity contribution in [3.8, 4) is 11.5 Å². The Bertz CT molecular complexity index is 905. The van der Waals surface area contributed by atoms with E-state index in [0.29, 0.717) is 11.5 Å². The summed E-state index contributed by atoms with van der Waals surface area (Å²) in [5.74, 6) is 2.07. The number of hydrogen-bond acceptors (Lipinski definition) is 3. The molecule has 0 fully saturated rings. The fraction of sp³-hybridized carbons (Fsp3) is 0.296. The van der Waals surface area contributed by atoms with Gasteiger partial charge in [-0.25, -0.2) is 0 Å².